The van der Waals surface area contributed by atoms with Crippen LogP contribution in [0.25, 0.3) is 0 Å². The third-order valence-corrected chi connectivity index (χ3v) is 3.53. The number of carbonyl (C=O) groups is 1. The molecule has 94 valence electrons. The van der Waals surface area contributed by atoms with Crippen LogP contribution in [0, 0.1) is 5.82 Å². The van der Waals surface area contributed by atoms with Gasteiger partial charge >= 0.3 is 5.97 Å². The number of carbonyl (C=O) groups excluding carboxylic acids is 1. The summed E-state index contributed by atoms with van der Waals surface area (Å²) in [5, 5.41) is 0. The Kier molecular flexibility index (Phi) is 4.06. The van der Waals surface area contributed by atoms with E-state index >= 15 is 0 Å². The van der Waals surface area contributed by atoms with Gasteiger partial charge in [0.1, 0.15) is 5.82 Å². The summed E-state index contributed by atoms with van der Waals surface area (Å²) in [6.45, 7) is 1.65. The first-order chi connectivity index (χ1) is 7.86. The molecule has 5 nitrogen and oxygen atoms in total. The van der Waals surface area contributed by atoms with Crippen LogP contribution < -0.4 is 5.73 Å². The van der Waals surface area contributed by atoms with Crippen molar-refractivity contribution in [3.63, 3.8) is 0 Å². The number of nitrogen functional groups attached to an aromatic ring is 1. The molecule has 7 heteroatoms. The minimum absolute atomic E-state index is 0.0878. The molecule has 0 aliphatic heterocycles. The Morgan fingerprint density at radius 1 is 1.47 bits per heavy atom. The van der Waals surface area contributed by atoms with Crippen LogP contribution in [0.5, 0.6) is 0 Å². The van der Waals surface area contributed by atoms with Crippen molar-refractivity contribution in [1.29, 1.82) is 0 Å². The number of anilines is 1. The van der Waals surface area contributed by atoms with Crippen LogP contribution in [0.15, 0.2) is 23.1 Å². The third kappa shape index (κ3) is 3.42. The molecule has 2 N–H and O–H groups in total. The highest BCUT2D eigenvalue weighted by Crippen LogP contribution is 2.17. The fraction of sp³-hybridized carbons (Fsp3) is 0.300. The summed E-state index contributed by atoms with van der Waals surface area (Å²) in [7, 11) is -3.89. The number of sulfone groups is 1. The molecule has 0 fully saturated rings. The van der Waals surface area contributed by atoms with Crippen molar-refractivity contribution in [3.8, 4) is 0 Å². The molecule has 0 atom stereocenters. The molecule has 0 aromatic heterocycles. The van der Waals surface area contributed by atoms with E-state index in [-0.39, 0.29) is 17.2 Å². The van der Waals surface area contributed by atoms with E-state index in [1.807, 2.05) is 0 Å². The molecule has 1 aromatic carbocycles. The second-order valence-corrected chi connectivity index (χ2v) is 5.24. The lowest BCUT2D eigenvalue weighted by atomic mass is 10.3. The van der Waals surface area contributed by atoms with E-state index in [2.05, 4.69) is 4.74 Å². The van der Waals surface area contributed by atoms with Gasteiger partial charge in [-0.25, -0.2) is 12.8 Å². The van der Waals surface area contributed by atoms with Crippen molar-refractivity contribution in [2.45, 2.75) is 11.8 Å². The number of nitrogens with two attached hydrogens (primary N) is 1. The van der Waals surface area contributed by atoms with Gasteiger partial charge in [-0.3, -0.25) is 4.79 Å². The van der Waals surface area contributed by atoms with Crippen LogP contribution in [0.4, 0.5) is 10.1 Å². The fourth-order valence-electron chi connectivity index (χ4n) is 1.14. The summed E-state index contributed by atoms with van der Waals surface area (Å²) in [5.74, 6) is -2.52. The average Bonchev–Trinajstić information content (AvgIpc) is 2.21. The number of hydrogen-bond acceptors (Lipinski definition) is 5. The molecule has 0 saturated heterocycles. The monoisotopic (exact) mass is 261 g/mol. The maximum atomic E-state index is 13.1. The number of hydrogen-bond donors (Lipinski definition) is 1. The number of halogens is 1. The van der Waals surface area contributed by atoms with E-state index in [0.29, 0.717) is 0 Å². The first kappa shape index (κ1) is 13.4. The maximum Gasteiger partial charge on any atom is 0.321 e. The largest absolute Gasteiger partial charge is 0.465 e. The summed E-state index contributed by atoms with van der Waals surface area (Å²) in [6, 6.07) is 3.06. The van der Waals surface area contributed by atoms with Gasteiger partial charge in [0.25, 0.3) is 0 Å². The maximum absolute atomic E-state index is 13.1. The molecule has 0 heterocycles. The lowest BCUT2D eigenvalue weighted by molar-refractivity contribution is -0.139. The highest BCUT2D eigenvalue weighted by atomic mass is 32.2. The first-order valence-corrected chi connectivity index (χ1v) is 6.45. The summed E-state index contributed by atoms with van der Waals surface area (Å²) in [4.78, 5) is 10.8. The molecular weight excluding hydrogens is 249 g/mol. The number of esters is 1. The van der Waals surface area contributed by atoms with Crippen LogP contribution in [0.2, 0.25) is 0 Å². The van der Waals surface area contributed by atoms with Crippen LogP contribution >= 0.6 is 0 Å². The van der Waals surface area contributed by atoms with Gasteiger partial charge in [0.15, 0.2) is 15.6 Å². The van der Waals surface area contributed by atoms with E-state index in [1.54, 1.807) is 6.92 Å². The molecule has 0 aliphatic carbocycles. The Balaban J connectivity index is 2.97. The highest BCUT2D eigenvalue weighted by Gasteiger charge is 2.21. The van der Waals surface area contributed by atoms with Gasteiger partial charge in [-0.05, 0) is 25.1 Å². The van der Waals surface area contributed by atoms with Crippen LogP contribution in [0.1, 0.15) is 6.92 Å². The van der Waals surface area contributed by atoms with Crippen molar-refractivity contribution >= 4 is 21.5 Å². The summed E-state index contributed by atoms with van der Waals surface area (Å²) in [5.41, 5.74) is 5.07. The van der Waals surface area contributed by atoms with E-state index in [9.17, 15) is 17.6 Å². The van der Waals surface area contributed by atoms with Gasteiger partial charge in [0.2, 0.25) is 0 Å². The molecule has 17 heavy (non-hydrogen) atoms. The minimum atomic E-state index is -3.89. The third-order valence-electron chi connectivity index (χ3n) is 1.94. The van der Waals surface area contributed by atoms with Gasteiger partial charge < -0.3 is 10.5 Å². The van der Waals surface area contributed by atoms with Gasteiger partial charge in [0, 0.05) is 0 Å². The van der Waals surface area contributed by atoms with Gasteiger partial charge in [-0.2, -0.15) is 0 Å². The Morgan fingerprint density at radius 3 is 2.65 bits per heavy atom. The molecular formula is C10H12FNO4S. The standard InChI is InChI=1S/C10H12FNO4S/c1-2-16-10(13)6-17(14,15)7-3-4-9(12)8(11)5-7/h3-5H,2,6,12H2,1H3. The van der Waals surface area contributed by atoms with Crippen LogP contribution in [0.3, 0.4) is 0 Å². The molecule has 0 amide bonds. The fourth-order valence-corrected chi connectivity index (χ4v) is 2.26. The van der Waals surface area contributed by atoms with Crippen molar-refractivity contribution in [2.24, 2.45) is 0 Å². The molecule has 0 aliphatic rings. The van der Waals surface area contributed by atoms with Crippen molar-refractivity contribution in [2.75, 3.05) is 18.1 Å². The second-order valence-electron chi connectivity index (χ2n) is 3.25. The first-order valence-electron chi connectivity index (χ1n) is 4.80. The molecule has 0 spiro atoms. The molecule has 0 unspecified atom stereocenters. The lowest BCUT2D eigenvalue weighted by Crippen LogP contribution is -2.18. The topological polar surface area (TPSA) is 86.5 Å². The zero-order valence-corrected chi connectivity index (χ0v) is 9.96. The molecule has 1 aromatic rings. The normalized spacial score (nSPS) is 11.2. The van der Waals surface area contributed by atoms with Gasteiger partial charge in [-0.1, -0.05) is 0 Å². The van der Waals surface area contributed by atoms with Crippen LogP contribution in [-0.2, 0) is 19.4 Å². The zero-order valence-electron chi connectivity index (χ0n) is 9.14. The quantitative estimate of drug-likeness (QED) is 0.638. The van der Waals surface area contributed by atoms with Crippen molar-refractivity contribution in [3.05, 3.63) is 24.0 Å². The van der Waals surface area contributed by atoms with Crippen LogP contribution in [-0.4, -0.2) is 26.7 Å². The predicted octanol–water partition coefficient (Wildman–Crippen LogP) is 0.745. The number of benzene rings is 1. The van der Waals surface area contributed by atoms with E-state index < -0.39 is 27.4 Å². The average molecular weight is 261 g/mol. The Morgan fingerprint density at radius 2 is 2.12 bits per heavy atom. The van der Waals surface area contributed by atoms with E-state index in [0.717, 1.165) is 18.2 Å². The Hall–Kier alpha value is -1.63. The van der Waals surface area contributed by atoms with Gasteiger partial charge in [-0.15, -0.1) is 0 Å². The van der Waals surface area contributed by atoms with Gasteiger partial charge in [0.05, 0.1) is 17.2 Å². The summed E-state index contributed by atoms with van der Waals surface area (Å²) < 4.78 is 41.0. The molecule has 0 radical (unpaired) electrons. The molecule has 1 rings (SSSR count). The lowest BCUT2D eigenvalue weighted by Gasteiger charge is -2.05. The second kappa shape index (κ2) is 5.13. The smallest absolute Gasteiger partial charge is 0.321 e. The van der Waals surface area contributed by atoms with Crippen molar-refractivity contribution in [1.82, 2.24) is 0 Å². The SMILES string of the molecule is CCOC(=O)CS(=O)(=O)c1ccc(N)c(F)c1. The number of rotatable bonds is 4. The predicted molar refractivity (Wildman–Crippen MR) is 59.5 cm³/mol. The highest BCUT2D eigenvalue weighted by molar-refractivity contribution is 7.92. The van der Waals surface area contributed by atoms with E-state index in [4.69, 9.17) is 5.73 Å². The van der Waals surface area contributed by atoms with E-state index in [1.165, 1.54) is 0 Å². The molecule has 0 saturated carbocycles. The number of ether oxygens (including phenoxy) is 1. The van der Waals surface area contributed by atoms with Crippen molar-refractivity contribution < 1.29 is 22.3 Å². The summed E-state index contributed by atoms with van der Waals surface area (Å²) >= 11 is 0. The Bertz CT molecular complexity index is 527. The Labute approximate surface area is 98.3 Å². The molecule has 0 bridgehead atoms. The zero-order chi connectivity index (χ0) is 13.1. The minimum Gasteiger partial charge on any atom is -0.465 e. The summed E-state index contributed by atoms with van der Waals surface area (Å²) in [6.07, 6.45) is 0.